The van der Waals surface area contributed by atoms with E-state index in [1.807, 2.05) is 77.1 Å². The normalized spacial score (nSPS) is 12.8. The van der Waals surface area contributed by atoms with Crippen LogP contribution in [0.15, 0.2) is 49.0 Å². The van der Waals surface area contributed by atoms with Crippen LogP contribution in [-0.4, -0.2) is 41.0 Å². The number of rotatable bonds is 12. The molecule has 0 aliphatic rings. The van der Waals surface area contributed by atoms with Gasteiger partial charge in [0.25, 0.3) is 5.91 Å². The maximum atomic E-state index is 14.3. The van der Waals surface area contributed by atoms with Gasteiger partial charge in [0.15, 0.2) is 0 Å². The zero-order chi connectivity index (χ0) is 30.0. The van der Waals surface area contributed by atoms with E-state index in [2.05, 4.69) is 17.2 Å². The highest BCUT2D eigenvalue weighted by molar-refractivity contribution is 6.00. The monoisotopic (exact) mass is 549 g/mol. The number of para-hydroxylation sites is 1. The second-order valence-corrected chi connectivity index (χ2v) is 11.7. The Morgan fingerprint density at radius 1 is 1.05 bits per heavy atom. The van der Waals surface area contributed by atoms with Crippen molar-refractivity contribution in [3.63, 3.8) is 0 Å². The maximum Gasteiger partial charge on any atom is 0.408 e. The number of carbonyl (C=O) groups excluding carboxylic acids is 3. The summed E-state index contributed by atoms with van der Waals surface area (Å²) in [7, 11) is 0. The molecule has 2 unspecified atom stereocenters. The molecule has 0 spiro atoms. The summed E-state index contributed by atoms with van der Waals surface area (Å²) in [5, 5.41) is 5.90. The fourth-order valence-electron chi connectivity index (χ4n) is 4.57. The number of anilines is 1. The Morgan fingerprint density at radius 2 is 1.68 bits per heavy atom. The van der Waals surface area contributed by atoms with E-state index in [1.54, 1.807) is 31.7 Å². The number of ether oxygens (including phenoxy) is 1. The Balaban J connectivity index is 2.61. The zero-order valence-electron chi connectivity index (χ0n) is 25.5. The van der Waals surface area contributed by atoms with E-state index in [9.17, 15) is 14.4 Å². The van der Waals surface area contributed by atoms with Gasteiger partial charge in [-0.2, -0.15) is 0 Å². The number of unbranched alkanes of at least 4 members (excludes halogenated alkanes) is 1. The van der Waals surface area contributed by atoms with Gasteiger partial charge < -0.3 is 20.3 Å². The van der Waals surface area contributed by atoms with Crippen LogP contribution in [0.25, 0.3) is 6.08 Å². The number of carbonyl (C=O) groups is 3. The summed E-state index contributed by atoms with van der Waals surface area (Å²) in [6, 6.07) is 11.6. The van der Waals surface area contributed by atoms with Crippen LogP contribution >= 0.6 is 0 Å². The first-order valence-corrected chi connectivity index (χ1v) is 14.2. The average molecular weight is 550 g/mol. The molecule has 2 aromatic carbocycles. The summed E-state index contributed by atoms with van der Waals surface area (Å²) >= 11 is 0. The highest BCUT2D eigenvalue weighted by Gasteiger charge is 2.36. The lowest BCUT2D eigenvalue weighted by Crippen LogP contribution is -2.53. The van der Waals surface area contributed by atoms with Crippen molar-refractivity contribution in [1.82, 2.24) is 10.2 Å². The summed E-state index contributed by atoms with van der Waals surface area (Å²) < 4.78 is 5.48. The van der Waals surface area contributed by atoms with Crippen molar-refractivity contribution in [3.05, 3.63) is 71.3 Å². The second kappa shape index (κ2) is 14.7. The Hall–Kier alpha value is -3.61. The molecule has 218 valence electrons. The molecule has 0 aromatic heterocycles. The topological polar surface area (TPSA) is 87.7 Å². The van der Waals surface area contributed by atoms with Crippen LogP contribution in [0.3, 0.4) is 0 Å². The number of benzene rings is 2. The fourth-order valence-corrected chi connectivity index (χ4v) is 4.57. The molecule has 7 heteroatoms. The highest BCUT2D eigenvalue weighted by Crippen LogP contribution is 2.29. The van der Waals surface area contributed by atoms with Crippen molar-refractivity contribution in [1.29, 1.82) is 0 Å². The molecule has 3 amide bonds. The van der Waals surface area contributed by atoms with Crippen LogP contribution in [0.4, 0.5) is 10.5 Å². The Morgan fingerprint density at radius 3 is 2.23 bits per heavy atom. The first-order valence-electron chi connectivity index (χ1n) is 14.2. The summed E-state index contributed by atoms with van der Waals surface area (Å²) in [5.41, 5.74) is 3.40. The van der Waals surface area contributed by atoms with Gasteiger partial charge in [-0.1, -0.05) is 76.2 Å². The second-order valence-electron chi connectivity index (χ2n) is 11.7. The van der Waals surface area contributed by atoms with Gasteiger partial charge in [-0.25, -0.2) is 4.79 Å². The predicted molar refractivity (Wildman–Crippen MR) is 163 cm³/mol. The van der Waals surface area contributed by atoms with Gasteiger partial charge in [0.1, 0.15) is 17.7 Å². The molecule has 2 N–H and O–H groups in total. The van der Waals surface area contributed by atoms with E-state index in [1.165, 1.54) is 0 Å². The minimum atomic E-state index is -0.923. The summed E-state index contributed by atoms with van der Waals surface area (Å²) in [4.78, 5) is 42.8. The minimum Gasteiger partial charge on any atom is -0.444 e. The molecule has 40 heavy (non-hydrogen) atoms. The third-order valence-electron chi connectivity index (χ3n) is 6.48. The molecule has 2 aromatic rings. The molecule has 0 bridgehead atoms. The number of alkyl carbamates (subject to hydrolysis) is 1. The molecule has 7 nitrogen and oxygen atoms in total. The number of nitrogens with one attached hydrogen (secondary N) is 2. The van der Waals surface area contributed by atoms with E-state index < -0.39 is 23.8 Å². The van der Waals surface area contributed by atoms with Crippen molar-refractivity contribution in [3.8, 4) is 0 Å². The van der Waals surface area contributed by atoms with Crippen molar-refractivity contribution in [2.45, 2.75) is 92.3 Å². The highest BCUT2D eigenvalue weighted by atomic mass is 16.6. The van der Waals surface area contributed by atoms with Crippen molar-refractivity contribution < 1.29 is 19.1 Å². The van der Waals surface area contributed by atoms with Gasteiger partial charge >= 0.3 is 6.09 Å². The SMILES string of the molecule is C=Cc1cccc(C(C(=O)Nc2c(C)cccc2C)N(CCCC)C(=O)C(CC(C)C)NC(=O)OC(C)(C)C)c1. The first-order chi connectivity index (χ1) is 18.8. The third-order valence-corrected chi connectivity index (χ3v) is 6.48. The molecular weight excluding hydrogens is 502 g/mol. The van der Waals surface area contributed by atoms with E-state index in [0.717, 1.165) is 28.8 Å². The van der Waals surface area contributed by atoms with Crippen LogP contribution in [-0.2, 0) is 14.3 Å². The molecule has 0 fully saturated rings. The average Bonchev–Trinajstić information content (AvgIpc) is 2.86. The fraction of sp³-hybridized carbons (Fsp3) is 0.485. The number of aryl methyl sites for hydroxylation is 2. The van der Waals surface area contributed by atoms with Crippen molar-refractivity contribution in [2.24, 2.45) is 5.92 Å². The van der Waals surface area contributed by atoms with Crippen LogP contribution in [0.1, 0.15) is 89.1 Å². The molecule has 2 atom stereocenters. The van der Waals surface area contributed by atoms with E-state index in [4.69, 9.17) is 4.74 Å². The minimum absolute atomic E-state index is 0.114. The van der Waals surface area contributed by atoms with Gasteiger partial charge in [-0.05, 0) is 81.7 Å². The van der Waals surface area contributed by atoms with Crippen molar-refractivity contribution in [2.75, 3.05) is 11.9 Å². The lowest BCUT2D eigenvalue weighted by Gasteiger charge is -2.35. The Bertz CT molecular complexity index is 1160. The molecule has 0 saturated heterocycles. The number of hydrogen-bond acceptors (Lipinski definition) is 4. The van der Waals surface area contributed by atoms with Gasteiger partial charge in [-0.3, -0.25) is 9.59 Å². The lowest BCUT2D eigenvalue weighted by molar-refractivity contribution is -0.141. The molecule has 0 aliphatic heterocycles. The summed E-state index contributed by atoms with van der Waals surface area (Å²) in [5.74, 6) is -0.523. The standard InChI is InChI=1S/C33H47N3O4/c1-10-12-19-36(31(38)27(20-22(3)4)34-32(39)40-33(7,8)9)29(26-18-14-17-25(11-2)21-26)30(37)35-28-23(5)15-13-16-24(28)6/h11,13-18,21-22,27,29H,2,10,12,19-20H2,1,3-9H3,(H,34,39)(H,35,37). The molecule has 2 rings (SSSR count). The van der Waals surface area contributed by atoms with Crippen molar-refractivity contribution >= 4 is 29.7 Å². The molecule has 0 radical (unpaired) electrons. The first kappa shape index (κ1) is 32.6. The van der Waals surface area contributed by atoms with Crippen LogP contribution in [0.2, 0.25) is 0 Å². The largest absolute Gasteiger partial charge is 0.444 e. The van der Waals surface area contributed by atoms with Gasteiger partial charge in [0.2, 0.25) is 5.91 Å². The maximum absolute atomic E-state index is 14.3. The predicted octanol–water partition coefficient (Wildman–Crippen LogP) is 7.19. The summed E-state index contributed by atoms with van der Waals surface area (Å²) in [6.45, 7) is 19.5. The van der Waals surface area contributed by atoms with E-state index in [0.29, 0.717) is 24.9 Å². The van der Waals surface area contributed by atoms with Gasteiger partial charge in [0.05, 0.1) is 0 Å². The number of hydrogen-bond donors (Lipinski definition) is 2. The summed E-state index contributed by atoms with van der Waals surface area (Å²) in [6.07, 6.45) is 2.98. The van der Waals surface area contributed by atoms with E-state index in [-0.39, 0.29) is 17.7 Å². The lowest BCUT2D eigenvalue weighted by atomic mass is 9.97. The zero-order valence-corrected chi connectivity index (χ0v) is 25.5. The smallest absolute Gasteiger partial charge is 0.408 e. The molecule has 0 heterocycles. The van der Waals surface area contributed by atoms with Crippen LogP contribution in [0, 0.1) is 19.8 Å². The molecule has 0 saturated carbocycles. The number of nitrogens with zero attached hydrogens (tertiary/aromatic N) is 1. The Labute approximate surface area is 240 Å². The number of amides is 3. The van der Waals surface area contributed by atoms with Crippen LogP contribution in [0.5, 0.6) is 0 Å². The van der Waals surface area contributed by atoms with E-state index >= 15 is 0 Å². The molecular formula is C33H47N3O4. The third kappa shape index (κ3) is 9.54. The molecule has 0 aliphatic carbocycles. The quantitative estimate of drug-likeness (QED) is 0.293. The van der Waals surface area contributed by atoms with Crippen LogP contribution < -0.4 is 10.6 Å². The van der Waals surface area contributed by atoms with Gasteiger partial charge in [-0.15, -0.1) is 0 Å². The Kier molecular flexibility index (Phi) is 12.0. The van der Waals surface area contributed by atoms with Gasteiger partial charge in [0, 0.05) is 12.2 Å².